The van der Waals surface area contributed by atoms with Crippen LogP contribution in [0, 0.1) is 0 Å². The molecule has 5 rings (SSSR count). The van der Waals surface area contributed by atoms with E-state index in [9.17, 15) is 4.79 Å². The molecule has 0 radical (unpaired) electrons. The fourth-order valence-electron chi connectivity index (χ4n) is 5.14. The van der Waals surface area contributed by atoms with Crippen molar-refractivity contribution < 1.29 is 14.3 Å². The Bertz CT molecular complexity index is 949. The summed E-state index contributed by atoms with van der Waals surface area (Å²) in [7, 11) is 0. The number of nitrogens with one attached hydrogen (secondary N) is 1. The molecule has 2 fully saturated rings. The zero-order chi connectivity index (χ0) is 21.3. The Morgan fingerprint density at radius 1 is 1.13 bits per heavy atom. The molecule has 5 heteroatoms. The number of hydrogen-bond donors (Lipinski definition) is 1. The number of rotatable bonds is 6. The standard InChI is InChI=1S/C26H30ClNO3/c27-19-10-11-24-22(16-19)23(17-26(31-24)13-4-14-26)28-25(29)12-9-18-5-3-8-21(15-18)30-20-6-1-2-7-20/h3,5,8,10-11,15-16,20,23H,1-2,4,6-7,9,12-14,17H2,(H,28,29). The predicted molar refractivity (Wildman–Crippen MR) is 122 cm³/mol. The van der Waals surface area contributed by atoms with E-state index in [-0.39, 0.29) is 17.6 Å². The van der Waals surface area contributed by atoms with E-state index in [1.54, 1.807) is 0 Å². The van der Waals surface area contributed by atoms with Crippen LogP contribution in [0.5, 0.6) is 11.5 Å². The summed E-state index contributed by atoms with van der Waals surface area (Å²) in [6.07, 6.45) is 10.4. The molecule has 2 aliphatic carbocycles. The van der Waals surface area contributed by atoms with Gasteiger partial charge in [-0.2, -0.15) is 0 Å². The first-order valence-corrected chi connectivity index (χ1v) is 12.0. The average Bonchev–Trinajstić information content (AvgIpc) is 3.25. The summed E-state index contributed by atoms with van der Waals surface area (Å²) < 4.78 is 12.4. The Labute approximate surface area is 189 Å². The fourth-order valence-corrected chi connectivity index (χ4v) is 5.33. The second-order valence-corrected chi connectivity index (χ2v) is 9.75. The normalized spacial score (nSPS) is 21.8. The molecule has 1 atom stereocenters. The molecule has 2 aromatic rings. The first-order chi connectivity index (χ1) is 15.1. The van der Waals surface area contributed by atoms with Gasteiger partial charge in [-0.1, -0.05) is 23.7 Å². The molecule has 0 bridgehead atoms. The van der Waals surface area contributed by atoms with Crippen LogP contribution in [0.15, 0.2) is 42.5 Å². The van der Waals surface area contributed by atoms with E-state index in [0.717, 1.165) is 54.7 Å². The van der Waals surface area contributed by atoms with Crippen molar-refractivity contribution in [3.8, 4) is 11.5 Å². The zero-order valence-corrected chi connectivity index (χ0v) is 18.6. The Hall–Kier alpha value is -2.20. The van der Waals surface area contributed by atoms with Gasteiger partial charge in [0, 0.05) is 23.4 Å². The fraction of sp³-hybridized carbons (Fsp3) is 0.500. The van der Waals surface area contributed by atoms with Gasteiger partial charge < -0.3 is 14.8 Å². The third-order valence-corrected chi connectivity index (χ3v) is 7.23. The highest BCUT2D eigenvalue weighted by Crippen LogP contribution is 2.49. The maximum atomic E-state index is 12.8. The van der Waals surface area contributed by atoms with E-state index in [2.05, 4.69) is 17.4 Å². The molecule has 0 aromatic heterocycles. The number of aryl methyl sites for hydroxylation is 1. The molecule has 31 heavy (non-hydrogen) atoms. The van der Waals surface area contributed by atoms with Gasteiger partial charge in [0.15, 0.2) is 0 Å². The largest absolute Gasteiger partial charge is 0.490 e. The highest BCUT2D eigenvalue weighted by molar-refractivity contribution is 6.30. The first-order valence-electron chi connectivity index (χ1n) is 11.6. The third-order valence-electron chi connectivity index (χ3n) is 6.99. The quantitative estimate of drug-likeness (QED) is 0.586. The van der Waals surface area contributed by atoms with Crippen molar-refractivity contribution in [2.75, 3.05) is 0 Å². The van der Waals surface area contributed by atoms with E-state index < -0.39 is 0 Å². The molecule has 3 aliphatic rings. The Morgan fingerprint density at radius 2 is 1.97 bits per heavy atom. The van der Waals surface area contributed by atoms with Gasteiger partial charge in [0.2, 0.25) is 5.91 Å². The van der Waals surface area contributed by atoms with Crippen LogP contribution in [0.4, 0.5) is 0 Å². The maximum absolute atomic E-state index is 12.8. The van der Waals surface area contributed by atoms with Gasteiger partial charge in [-0.15, -0.1) is 0 Å². The van der Waals surface area contributed by atoms with Crippen molar-refractivity contribution in [3.05, 3.63) is 58.6 Å². The summed E-state index contributed by atoms with van der Waals surface area (Å²) in [5.74, 6) is 1.84. The predicted octanol–water partition coefficient (Wildman–Crippen LogP) is 6.16. The molecular weight excluding hydrogens is 410 g/mol. The monoisotopic (exact) mass is 439 g/mol. The number of benzene rings is 2. The van der Waals surface area contributed by atoms with Crippen LogP contribution in [0.1, 0.15) is 75.0 Å². The van der Waals surface area contributed by atoms with Crippen molar-refractivity contribution in [1.29, 1.82) is 0 Å². The van der Waals surface area contributed by atoms with Gasteiger partial charge in [0.25, 0.3) is 0 Å². The van der Waals surface area contributed by atoms with Gasteiger partial charge in [-0.3, -0.25) is 4.79 Å². The van der Waals surface area contributed by atoms with Crippen molar-refractivity contribution in [3.63, 3.8) is 0 Å². The molecule has 1 spiro atoms. The van der Waals surface area contributed by atoms with E-state index in [4.69, 9.17) is 21.1 Å². The van der Waals surface area contributed by atoms with Crippen molar-refractivity contribution in [2.45, 2.75) is 82.0 Å². The SMILES string of the molecule is O=C(CCc1cccc(OC2CCCC2)c1)NC1CC2(CCC2)Oc2ccc(Cl)cc21. The van der Waals surface area contributed by atoms with Gasteiger partial charge in [-0.05, 0) is 87.3 Å². The third kappa shape index (κ3) is 4.69. The van der Waals surface area contributed by atoms with Crippen molar-refractivity contribution >= 4 is 17.5 Å². The molecule has 4 nitrogen and oxygen atoms in total. The van der Waals surface area contributed by atoms with Crippen LogP contribution in [0.25, 0.3) is 0 Å². The summed E-state index contributed by atoms with van der Waals surface area (Å²) in [4.78, 5) is 12.8. The molecular formula is C26H30ClNO3. The number of fused-ring (bicyclic) bond motifs is 1. The lowest BCUT2D eigenvalue weighted by molar-refractivity contribution is -0.123. The molecule has 1 heterocycles. The minimum absolute atomic E-state index is 0.0488. The number of halogens is 1. The van der Waals surface area contributed by atoms with Gasteiger partial charge in [-0.25, -0.2) is 0 Å². The Balaban J connectivity index is 1.21. The highest BCUT2D eigenvalue weighted by atomic mass is 35.5. The summed E-state index contributed by atoms with van der Waals surface area (Å²) in [5.41, 5.74) is 2.01. The van der Waals surface area contributed by atoms with E-state index in [1.807, 2.05) is 30.3 Å². The minimum Gasteiger partial charge on any atom is -0.490 e. The van der Waals surface area contributed by atoms with E-state index >= 15 is 0 Å². The summed E-state index contributed by atoms with van der Waals surface area (Å²) in [6.45, 7) is 0. The second-order valence-electron chi connectivity index (χ2n) is 9.32. The molecule has 2 aromatic carbocycles. The summed E-state index contributed by atoms with van der Waals surface area (Å²) in [6, 6.07) is 13.9. The minimum atomic E-state index is -0.120. The lowest BCUT2D eigenvalue weighted by Crippen LogP contribution is -2.49. The molecule has 0 saturated heterocycles. The number of carbonyl (C=O) groups is 1. The molecule has 1 amide bonds. The van der Waals surface area contributed by atoms with Crippen LogP contribution >= 0.6 is 11.6 Å². The molecule has 1 unspecified atom stereocenters. The smallest absolute Gasteiger partial charge is 0.220 e. The summed E-state index contributed by atoms with van der Waals surface area (Å²) >= 11 is 6.23. The van der Waals surface area contributed by atoms with Gasteiger partial charge in [0.1, 0.15) is 17.1 Å². The molecule has 1 N–H and O–H groups in total. The van der Waals surface area contributed by atoms with Crippen molar-refractivity contribution in [2.24, 2.45) is 0 Å². The van der Waals surface area contributed by atoms with Gasteiger partial charge >= 0.3 is 0 Å². The average molecular weight is 440 g/mol. The molecule has 2 saturated carbocycles. The van der Waals surface area contributed by atoms with Crippen LogP contribution in [-0.4, -0.2) is 17.6 Å². The van der Waals surface area contributed by atoms with E-state index in [1.165, 1.54) is 19.3 Å². The molecule has 1 aliphatic heterocycles. The number of amides is 1. The van der Waals surface area contributed by atoms with E-state index in [0.29, 0.717) is 24.0 Å². The van der Waals surface area contributed by atoms with Crippen LogP contribution in [0.2, 0.25) is 5.02 Å². The zero-order valence-electron chi connectivity index (χ0n) is 17.9. The highest BCUT2D eigenvalue weighted by Gasteiger charge is 2.45. The first kappa shape index (κ1) is 20.7. The maximum Gasteiger partial charge on any atom is 0.220 e. The second kappa shape index (κ2) is 8.74. The van der Waals surface area contributed by atoms with Crippen LogP contribution < -0.4 is 14.8 Å². The van der Waals surface area contributed by atoms with Crippen LogP contribution in [-0.2, 0) is 11.2 Å². The Kier molecular flexibility index (Phi) is 5.83. The lowest BCUT2D eigenvalue weighted by Gasteiger charge is -2.48. The van der Waals surface area contributed by atoms with Crippen molar-refractivity contribution in [1.82, 2.24) is 5.32 Å². The van der Waals surface area contributed by atoms with Crippen LogP contribution in [0.3, 0.4) is 0 Å². The lowest BCUT2D eigenvalue weighted by atomic mass is 9.73. The number of hydrogen-bond acceptors (Lipinski definition) is 3. The number of ether oxygens (including phenoxy) is 2. The van der Waals surface area contributed by atoms with Gasteiger partial charge in [0.05, 0.1) is 12.1 Å². The number of carbonyl (C=O) groups excluding carboxylic acids is 1. The topological polar surface area (TPSA) is 47.6 Å². The summed E-state index contributed by atoms with van der Waals surface area (Å²) in [5, 5.41) is 3.93. The molecule has 164 valence electrons. The Morgan fingerprint density at radius 3 is 2.74 bits per heavy atom.